The molecule has 132 valence electrons. The smallest absolute Gasteiger partial charge is 0.422 e. The molecule has 25 heavy (non-hydrogen) atoms. The van der Waals surface area contributed by atoms with Gasteiger partial charge in [0.25, 0.3) is 5.91 Å². The summed E-state index contributed by atoms with van der Waals surface area (Å²) in [6.07, 6.45) is -5.86. The van der Waals surface area contributed by atoms with Crippen LogP contribution in [0.1, 0.15) is 10.4 Å². The van der Waals surface area contributed by atoms with Crippen molar-refractivity contribution in [3.05, 3.63) is 60.2 Å². The van der Waals surface area contributed by atoms with Crippen molar-refractivity contribution in [2.24, 2.45) is 0 Å². The Morgan fingerprint density at radius 1 is 1.08 bits per heavy atom. The summed E-state index contributed by atoms with van der Waals surface area (Å²) in [7, 11) is 1.59. The minimum atomic E-state index is -4.60. The second kappa shape index (κ2) is 7.69. The van der Waals surface area contributed by atoms with Gasteiger partial charge < -0.3 is 9.64 Å². The quantitative estimate of drug-likeness (QED) is 0.902. The van der Waals surface area contributed by atoms with E-state index in [0.717, 1.165) is 0 Å². The fourth-order valence-corrected chi connectivity index (χ4v) is 1.99. The number of para-hydroxylation sites is 1. The second-order valence-electron chi connectivity index (χ2n) is 5.10. The molecule has 2 rings (SSSR count). The molecule has 0 spiro atoms. The highest BCUT2D eigenvalue weighted by atomic mass is 19.4. The molecule has 0 saturated heterocycles. The van der Waals surface area contributed by atoms with E-state index in [1.165, 1.54) is 29.2 Å². The molecule has 0 aliphatic heterocycles. The van der Waals surface area contributed by atoms with Gasteiger partial charge in [-0.05, 0) is 30.3 Å². The van der Waals surface area contributed by atoms with Crippen LogP contribution in [0.4, 0.5) is 29.3 Å². The van der Waals surface area contributed by atoms with Crippen molar-refractivity contribution in [2.75, 3.05) is 23.9 Å². The van der Waals surface area contributed by atoms with Crippen molar-refractivity contribution < 1.29 is 27.5 Å². The van der Waals surface area contributed by atoms with E-state index in [1.54, 1.807) is 31.3 Å². The molecule has 2 aromatic carbocycles. The molecule has 1 N–H and O–H groups in total. The molecule has 0 atom stereocenters. The molecule has 0 bridgehead atoms. The van der Waals surface area contributed by atoms with Gasteiger partial charge in [0.1, 0.15) is 0 Å². The summed E-state index contributed by atoms with van der Waals surface area (Å²) in [6, 6.07) is 14.7. The van der Waals surface area contributed by atoms with Crippen molar-refractivity contribution in [3.63, 3.8) is 0 Å². The fourth-order valence-electron chi connectivity index (χ4n) is 1.99. The lowest BCUT2D eigenvalue weighted by atomic mass is 10.1. The largest absolute Gasteiger partial charge is 0.440 e. The van der Waals surface area contributed by atoms with Gasteiger partial charge in [-0.2, -0.15) is 13.2 Å². The van der Waals surface area contributed by atoms with Crippen LogP contribution in [0.2, 0.25) is 0 Å². The number of nitrogens with one attached hydrogen (secondary N) is 1. The second-order valence-corrected chi connectivity index (χ2v) is 5.10. The highest BCUT2D eigenvalue weighted by molar-refractivity contribution is 6.06. The third-order valence-corrected chi connectivity index (χ3v) is 3.17. The average molecular weight is 352 g/mol. The van der Waals surface area contributed by atoms with Crippen molar-refractivity contribution in [3.8, 4) is 0 Å². The SMILES string of the molecule is CN(C(=O)c1cccc(NC(=O)OCC(F)(F)F)c1)c1ccccc1. The van der Waals surface area contributed by atoms with E-state index in [9.17, 15) is 22.8 Å². The van der Waals surface area contributed by atoms with Crippen LogP contribution >= 0.6 is 0 Å². The van der Waals surface area contributed by atoms with Crippen LogP contribution in [0, 0.1) is 0 Å². The maximum absolute atomic E-state index is 12.5. The van der Waals surface area contributed by atoms with E-state index >= 15 is 0 Å². The van der Waals surface area contributed by atoms with E-state index in [2.05, 4.69) is 10.1 Å². The van der Waals surface area contributed by atoms with Crippen LogP contribution < -0.4 is 10.2 Å². The van der Waals surface area contributed by atoms with E-state index in [-0.39, 0.29) is 17.2 Å². The number of hydrogen-bond acceptors (Lipinski definition) is 3. The van der Waals surface area contributed by atoms with Gasteiger partial charge in [0, 0.05) is 24.0 Å². The number of nitrogens with zero attached hydrogens (tertiary/aromatic N) is 1. The van der Waals surface area contributed by atoms with Crippen LogP contribution in [-0.4, -0.2) is 31.8 Å². The van der Waals surface area contributed by atoms with Gasteiger partial charge in [-0.1, -0.05) is 24.3 Å². The number of halogens is 3. The van der Waals surface area contributed by atoms with Crippen LogP contribution in [-0.2, 0) is 4.74 Å². The van der Waals surface area contributed by atoms with Crippen LogP contribution in [0.5, 0.6) is 0 Å². The maximum Gasteiger partial charge on any atom is 0.422 e. The Balaban J connectivity index is 2.05. The summed E-state index contributed by atoms with van der Waals surface area (Å²) in [4.78, 5) is 25.3. The van der Waals surface area contributed by atoms with Crippen LogP contribution in [0.15, 0.2) is 54.6 Å². The molecule has 0 heterocycles. The topological polar surface area (TPSA) is 58.6 Å². The van der Waals surface area contributed by atoms with Crippen molar-refractivity contribution in [2.45, 2.75) is 6.18 Å². The number of ether oxygens (including phenoxy) is 1. The Morgan fingerprint density at radius 3 is 2.40 bits per heavy atom. The van der Waals surface area contributed by atoms with Crippen molar-refractivity contribution in [1.29, 1.82) is 0 Å². The maximum atomic E-state index is 12.5. The molecule has 0 saturated carbocycles. The van der Waals surface area contributed by atoms with Crippen LogP contribution in [0.3, 0.4) is 0 Å². The number of carbonyl (C=O) groups excluding carboxylic acids is 2. The van der Waals surface area contributed by atoms with Crippen molar-refractivity contribution in [1.82, 2.24) is 0 Å². The molecule has 0 aliphatic rings. The minimum Gasteiger partial charge on any atom is -0.440 e. The van der Waals surface area contributed by atoms with Gasteiger partial charge in [-0.15, -0.1) is 0 Å². The first-order valence-electron chi connectivity index (χ1n) is 7.20. The minimum absolute atomic E-state index is 0.152. The number of hydrogen-bond donors (Lipinski definition) is 1. The van der Waals surface area contributed by atoms with Gasteiger partial charge in [0.15, 0.2) is 6.61 Å². The van der Waals surface area contributed by atoms with Gasteiger partial charge in [-0.25, -0.2) is 4.79 Å². The highest BCUT2D eigenvalue weighted by Crippen LogP contribution is 2.18. The molecular formula is C17H15F3N2O3. The third kappa shape index (κ3) is 5.52. The number of alkyl halides is 3. The zero-order valence-electron chi connectivity index (χ0n) is 13.2. The first-order chi connectivity index (χ1) is 11.8. The third-order valence-electron chi connectivity index (χ3n) is 3.17. The number of benzene rings is 2. The summed E-state index contributed by atoms with van der Waals surface area (Å²) in [6.45, 7) is -1.69. The standard InChI is InChI=1S/C17H15F3N2O3/c1-22(14-8-3-2-4-9-14)15(23)12-6-5-7-13(10-12)21-16(24)25-11-17(18,19)20/h2-10H,11H2,1H3,(H,21,24). The molecule has 0 radical (unpaired) electrons. The normalized spacial score (nSPS) is 10.9. The Bertz CT molecular complexity index is 748. The molecule has 0 aromatic heterocycles. The molecule has 0 unspecified atom stereocenters. The van der Waals surface area contributed by atoms with E-state index in [0.29, 0.717) is 5.69 Å². The molecule has 5 nitrogen and oxygen atoms in total. The lowest BCUT2D eigenvalue weighted by Crippen LogP contribution is -2.26. The summed E-state index contributed by atoms with van der Waals surface area (Å²) in [5, 5.41) is 2.16. The number of anilines is 2. The van der Waals surface area contributed by atoms with E-state index in [4.69, 9.17) is 0 Å². The predicted octanol–water partition coefficient (Wildman–Crippen LogP) is 4.07. The first kappa shape index (κ1) is 18.3. The van der Waals surface area contributed by atoms with E-state index < -0.39 is 18.9 Å². The zero-order valence-corrected chi connectivity index (χ0v) is 13.2. The lowest BCUT2D eigenvalue weighted by Gasteiger charge is -2.17. The van der Waals surface area contributed by atoms with Gasteiger partial charge in [-0.3, -0.25) is 10.1 Å². The molecule has 0 fully saturated rings. The Hall–Kier alpha value is -3.03. The summed E-state index contributed by atoms with van der Waals surface area (Å²) in [5.74, 6) is -0.335. The fraction of sp³-hybridized carbons (Fsp3) is 0.176. The van der Waals surface area contributed by atoms with Gasteiger partial charge in [0.2, 0.25) is 0 Å². The predicted molar refractivity (Wildman–Crippen MR) is 86.6 cm³/mol. The summed E-state index contributed by atoms with van der Waals surface area (Å²) in [5.41, 5.74) is 1.09. The Kier molecular flexibility index (Phi) is 5.63. The first-order valence-corrected chi connectivity index (χ1v) is 7.20. The lowest BCUT2D eigenvalue weighted by molar-refractivity contribution is -0.159. The molecule has 0 aliphatic carbocycles. The zero-order chi connectivity index (χ0) is 18.4. The number of rotatable bonds is 4. The molecule has 2 aromatic rings. The monoisotopic (exact) mass is 352 g/mol. The van der Waals surface area contributed by atoms with E-state index in [1.807, 2.05) is 6.07 Å². The molecule has 2 amide bonds. The van der Waals surface area contributed by atoms with Crippen molar-refractivity contribution >= 4 is 23.4 Å². The summed E-state index contributed by atoms with van der Waals surface area (Å²) < 4.78 is 40.1. The van der Waals surface area contributed by atoms with Crippen LogP contribution in [0.25, 0.3) is 0 Å². The highest BCUT2D eigenvalue weighted by Gasteiger charge is 2.29. The average Bonchev–Trinajstić information content (AvgIpc) is 2.59. The number of carbonyl (C=O) groups is 2. The van der Waals surface area contributed by atoms with Gasteiger partial charge in [0.05, 0.1) is 0 Å². The molecular weight excluding hydrogens is 337 g/mol. The Labute approximate surface area is 142 Å². The molecule has 8 heteroatoms. The Morgan fingerprint density at radius 2 is 1.76 bits per heavy atom. The summed E-state index contributed by atoms with van der Waals surface area (Å²) >= 11 is 0. The van der Waals surface area contributed by atoms with Gasteiger partial charge >= 0.3 is 12.3 Å². The number of amides is 2.